The molecule has 0 bridgehead atoms. The van der Waals surface area contributed by atoms with Crippen LogP contribution in [0.25, 0.3) is 21.7 Å². The Morgan fingerprint density at radius 1 is 0.871 bits per heavy atom. The monoisotopic (exact) mass is 448 g/mol. The van der Waals surface area contributed by atoms with E-state index in [4.69, 9.17) is 4.98 Å². The molecule has 3 aromatic carbocycles. The van der Waals surface area contributed by atoms with E-state index in [0.29, 0.717) is 5.13 Å². The van der Waals surface area contributed by atoms with E-state index in [1.807, 2.05) is 60.7 Å². The van der Waals surface area contributed by atoms with Gasteiger partial charge < -0.3 is 5.32 Å². The molecule has 0 saturated carbocycles. The van der Waals surface area contributed by atoms with E-state index in [9.17, 15) is 13.2 Å². The van der Waals surface area contributed by atoms with Gasteiger partial charge in [-0.25, -0.2) is 13.4 Å². The Balaban J connectivity index is 1.57. The Labute approximate surface area is 185 Å². The minimum Gasteiger partial charge on any atom is -0.302 e. The fourth-order valence-electron chi connectivity index (χ4n) is 3.15. The van der Waals surface area contributed by atoms with E-state index >= 15 is 0 Å². The van der Waals surface area contributed by atoms with Crippen LogP contribution in [0.3, 0.4) is 0 Å². The molecule has 0 aliphatic heterocycles. The zero-order valence-corrected chi connectivity index (χ0v) is 18.4. The predicted octanol–water partition coefficient (Wildman–Crippen LogP) is 5.06. The number of hydrogen-bond acceptors (Lipinski definition) is 5. The lowest BCUT2D eigenvalue weighted by Gasteiger charge is -2.03. The van der Waals surface area contributed by atoms with Gasteiger partial charge in [-0.3, -0.25) is 4.79 Å². The number of amides is 1. The normalized spacial score (nSPS) is 11.3. The Bertz CT molecular complexity index is 1240. The van der Waals surface area contributed by atoms with Crippen molar-refractivity contribution in [1.82, 2.24) is 4.98 Å². The van der Waals surface area contributed by atoms with Crippen LogP contribution in [-0.4, -0.2) is 25.6 Å². The van der Waals surface area contributed by atoms with Crippen molar-refractivity contribution in [2.45, 2.75) is 11.3 Å². The molecule has 4 aromatic rings. The van der Waals surface area contributed by atoms with E-state index in [2.05, 4.69) is 5.32 Å². The molecular formula is C24H20N2O3S2. The van der Waals surface area contributed by atoms with E-state index in [1.54, 1.807) is 12.1 Å². The number of benzene rings is 3. The van der Waals surface area contributed by atoms with Gasteiger partial charge in [0, 0.05) is 11.8 Å². The maximum atomic E-state index is 12.6. The van der Waals surface area contributed by atoms with Crippen LogP contribution in [0.5, 0.6) is 0 Å². The molecule has 0 spiro atoms. The van der Waals surface area contributed by atoms with Gasteiger partial charge in [0.05, 0.1) is 21.9 Å². The van der Waals surface area contributed by atoms with Crippen LogP contribution in [0.15, 0.2) is 89.8 Å². The molecule has 5 nitrogen and oxygen atoms in total. The van der Waals surface area contributed by atoms with Gasteiger partial charge in [-0.05, 0) is 23.3 Å². The van der Waals surface area contributed by atoms with E-state index in [-0.39, 0.29) is 17.2 Å². The summed E-state index contributed by atoms with van der Waals surface area (Å²) in [6.07, 6.45) is 1.29. The molecule has 0 aliphatic rings. The molecule has 0 saturated heterocycles. The van der Waals surface area contributed by atoms with Gasteiger partial charge in [0.2, 0.25) is 5.91 Å². The van der Waals surface area contributed by atoms with Crippen LogP contribution in [0.1, 0.15) is 5.56 Å². The lowest BCUT2D eigenvalue weighted by atomic mass is 10.1. The second-order valence-electron chi connectivity index (χ2n) is 7.07. The number of nitrogens with one attached hydrogen (secondary N) is 1. The standard InChI is InChI=1S/C24H20N2O3S2/c1-31(28,29)20-14-12-17(13-15-20)16-21(27)25-24-26-22(18-8-4-2-5-9-18)23(30-24)19-10-6-3-7-11-19/h2-15H,16H2,1H3,(H,25,26,27). The van der Waals surface area contributed by atoms with Crippen molar-refractivity contribution in [3.63, 3.8) is 0 Å². The summed E-state index contributed by atoms with van der Waals surface area (Å²) >= 11 is 1.43. The highest BCUT2D eigenvalue weighted by Crippen LogP contribution is 2.38. The summed E-state index contributed by atoms with van der Waals surface area (Å²) in [6, 6.07) is 26.2. The maximum absolute atomic E-state index is 12.6. The molecule has 7 heteroatoms. The molecule has 0 radical (unpaired) electrons. The molecule has 0 fully saturated rings. The van der Waals surface area contributed by atoms with Crippen molar-refractivity contribution in [2.24, 2.45) is 0 Å². The smallest absolute Gasteiger partial charge is 0.230 e. The first kappa shape index (κ1) is 21.0. The molecule has 4 rings (SSSR count). The minimum atomic E-state index is -3.26. The van der Waals surface area contributed by atoms with Crippen molar-refractivity contribution in [2.75, 3.05) is 11.6 Å². The first-order chi connectivity index (χ1) is 14.9. The Kier molecular flexibility index (Phi) is 5.97. The maximum Gasteiger partial charge on any atom is 0.230 e. The minimum absolute atomic E-state index is 0.130. The van der Waals surface area contributed by atoms with Crippen molar-refractivity contribution in [1.29, 1.82) is 0 Å². The average Bonchev–Trinajstić information content (AvgIpc) is 3.18. The van der Waals surface area contributed by atoms with E-state index < -0.39 is 9.84 Å². The van der Waals surface area contributed by atoms with Gasteiger partial charge in [0.25, 0.3) is 0 Å². The molecule has 1 amide bonds. The molecule has 1 N–H and O–H groups in total. The van der Waals surface area contributed by atoms with Crippen molar-refractivity contribution < 1.29 is 13.2 Å². The molecule has 1 aromatic heterocycles. The summed E-state index contributed by atoms with van der Waals surface area (Å²) in [5, 5.41) is 3.41. The van der Waals surface area contributed by atoms with Crippen LogP contribution < -0.4 is 5.32 Å². The average molecular weight is 449 g/mol. The summed E-state index contributed by atoms with van der Waals surface area (Å²) in [6.45, 7) is 0. The van der Waals surface area contributed by atoms with Gasteiger partial charge >= 0.3 is 0 Å². The van der Waals surface area contributed by atoms with Crippen LogP contribution >= 0.6 is 11.3 Å². The van der Waals surface area contributed by atoms with Gasteiger partial charge in [-0.2, -0.15) is 0 Å². The number of carbonyl (C=O) groups is 1. The third kappa shape index (κ3) is 5.07. The number of carbonyl (C=O) groups excluding carboxylic acids is 1. The van der Waals surface area contributed by atoms with Crippen molar-refractivity contribution in [3.05, 3.63) is 90.5 Å². The van der Waals surface area contributed by atoms with E-state index in [0.717, 1.165) is 33.5 Å². The highest BCUT2D eigenvalue weighted by atomic mass is 32.2. The van der Waals surface area contributed by atoms with Crippen LogP contribution in [0, 0.1) is 0 Å². The summed E-state index contributed by atoms with van der Waals surface area (Å²) in [7, 11) is -3.26. The Morgan fingerprint density at radius 3 is 2.03 bits per heavy atom. The largest absolute Gasteiger partial charge is 0.302 e. The van der Waals surface area contributed by atoms with Crippen molar-refractivity contribution in [3.8, 4) is 21.7 Å². The Hall–Kier alpha value is -3.29. The first-order valence-corrected chi connectivity index (χ1v) is 12.3. The summed E-state index contributed by atoms with van der Waals surface area (Å²) in [5.41, 5.74) is 3.57. The second kappa shape index (κ2) is 8.83. The SMILES string of the molecule is CS(=O)(=O)c1ccc(CC(=O)Nc2nc(-c3ccccc3)c(-c3ccccc3)s2)cc1. The van der Waals surface area contributed by atoms with Crippen LogP contribution in [-0.2, 0) is 21.1 Å². The van der Waals surface area contributed by atoms with E-state index in [1.165, 1.54) is 23.5 Å². The topological polar surface area (TPSA) is 76.1 Å². The third-order valence-electron chi connectivity index (χ3n) is 4.67. The number of thiazole rings is 1. The number of anilines is 1. The summed E-state index contributed by atoms with van der Waals surface area (Å²) in [5.74, 6) is -0.208. The zero-order chi connectivity index (χ0) is 21.8. The number of aromatic nitrogens is 1. The molecular weight excluding hydrogens is 428 g/mol. The molecule has 31 heavy (non-hydrogen) atoms. The number of sulfone groups is 1. The van der Waals surface area contributed by atoms with Gasteiger partial charge in [0.1, 0.15) is 0 Å². The van der Waals surface area contributed by atoms with Gasteiger partial charge in [-0.1, -0.05) is 84.1 Å². The highest BCUT2D eigenvalue weighted by Gasteiger charge is 2.16. The molecule has 1 heterocycles. The second-order valence-corrected chi connectivity index (χ2v) is 10.1. The molecule has 156 valence electrons. The van der Waals surface area contributed by atoms with Gasteiger partial charge in [0.15, 0.2) is 15.0 Å². The fourth-order valence-corrected chi connectivity index (χ4v) is 4.79. The third-order valence-corrected chi connectivity index (χ3v) is 6.82. The number of hydrogen-bond donors (Lipinski definition) is 1. The molecule has 0 unspecified atom stereocenters. The number of rotatable bonds is 6. The first-order valence-electron chi connectivity index (χ1n) is 9.61. The molecule has 0 atom stereocenters. The summed E-state index contributed by atoms with van der Waals surface area (Å²) < 4.78 is 23.2. The predicted molar refractivity (Wildman–Crippen MR) is 125 cm³/mol. The lowest BCUT2D eigenvalue weighted by Crippen LogP contribution is -2.14. The van der Waals surface area contributed by atoms with Gasteiger partial charge in [-0.15, -0.1) is 0 Å². The number of nitrogens with zero attached hydrogens (tertiary/aromatic N) is 1. The quantitative estimate of drug-likeness (QED) is 0.447. The van der Waals surface area contributed by atoms with Crippen molar-refractivity contribution >= 4 is 32.2 Å². The fraction of sp³-hybridized carbons (Fsp3) is 0.0833. The van der Waals surface area contributed by atoms with Crippen LogP contribution in [0.2, 0.25) is 0 Å². The van der Waals surface area contributed by atoms with Crippen LogP contribution in [0.4, 0.5) is 5.13 Å². The lowest BCUT2D eigenvalue weighted by molar-refractivity contribution is -0.115. The zero-order valence-electron chi connectivity index (χ0n) is 16.8. The summed E-state index contributed by atoms with van der Waals surface area (Å²) in [4.78, 5) is 18.5. The highest BCUT2D eigenvalue weighted by molar-refractivity contribution is 7.90. The Morgan fingerprint density at radius 2 is 1.45 bits per heavy atom. The molecule has 0 aliphatic carbocycles.